The van der Waals surface area contributed by atoms with Crippen LogP contribution in [0.25, 0.3) is 10.8 Å². The first-order chi connectivity index (χ1) is 9.80. The molecule has 1 unspecified atom stereocenters. The van der Waals surface area contributed by atoms with Crippen LogP contribution in [0.15, 0.2) is 42.5 Å². The summed E-state index contributed by atoms with van der Waals surface area (Å²) in [7, 11) is 0. The number of rotatable bonds is 7. The van der Waals surface area contributed by atoms with Gasteiger partial charge in [-0.3, -0.25) is 0 Å². The molecule has 1 N–H and O–H groups in total. The SMILES string of the molecule is CCNC(CC)CN(CC)c1cccc2ccccc12. The summed E-state index contributed by atoms with van der Waals surface area (Å²) in [6.45, 7) is 9.80. The van der Waals surface area contributed by atoms with Crippen LogP contribution >= 0.6 is 0 Å². The van der Waals surface area contributed by atoms with Crippen molar-refractivity contribution in [1.82, 2.24) is 5.32 Å². The Hall–Kier alpha value is -1.54. The van der Waals surface area contributed by atoms with Crippen LogP contribution in [-0.4, -0.2) is 25.7 Å². The average molecular weight is 270 g/mol. The summed E-state index contributed by atoms with van der Waals surface area (Å²) in [5, 5.41) is 6.24. The number of anilines is 1. The summed E-state index contributed by atoms with van der Waals surface area (Å²) >= 11 is 0. The molecule has 0 aliphatic rings. The van der Waals surface area contributed by atoms with Crippen molar-refractivity contribution in [1.29, 1.82) is 0 Å². The number of nitrogens with zero attached hydrogens (tertiary/aromatic N) is 1. The number of fused-ring (bicyclic) bond motifs is 1. The second kappa shape index (κ2) is 7.30. The van der Waals surface area contributed by atoms with Crippen molar-refractivity contribution in [2.75, 3.05) is 24.5 Å². The normalized spacial score (nSPS) is 12.6. The Balaban J connectivity index is 2.29. The van der Waals surface area contributed by atoms with Crippen molar-refractivity contribution in [3.05, 3.63) is 42.5 Å². The first-order valence-corrected chi connectivity index (χ1v) is 7.76. The molecule has 1 atom stereocenters. The first kappa shape index (κ1) is 14.9. The lowest BCUT2D eigenvalue weighted by atomic mass is 10.1. The molecule has 0 fully saturated rings. The maximum absolute atomic E-state index is 3.57. The molecule has 0 radical (unpaired) electrons. The Kier molecular flexibility index (Phi) is 5.42. The maximum Gasteiger partial charge on any atom is 0.0446 e. The first-order valence-electron chi connectivity index (χ1n) is 7.76. The largest absolute Gasteiger partial charge is 0.370 e. The van der Waals surface area contributed by atoms with Gasteiger partial charge in [0, 0.05) is 30.2 Å². The zero-order valence-electron chi connectivity index (χ0n) is 12.9. The van der Waals surface area contributed by atoms with E-state index in [1.54, 1.807) is 0 Å². The van der Waals surface area contributed by atoms with Gasteiger partial charge in [0.1, 0.15) is 0 Å². The number of nitrogens with one attached hydrogen (secondary N) is 1. The molecule has 2 aromatic rings. The highest BCUT2D eigenvalue weighted by atomic mass is 15.1. The van der Waals surface area contributed by atoms with E-state index in [0.717, 1.165) is 26.1 Å². The van der Waals surface area contributed by atoms with E-state index in [9.17, 15) is 0 Å². The maximum atomic E-state index is 3.57. The molecule has 0 amide bonds. The standard InChI is InChI=1S/C18H26N2/c1-4-16(19-5-2)14-20(6-3)18-13-9-11-15-10-7-8-12-17(15)18/h7-13,16,19H,4-6,14H2,1-3H3. The minimum atomic E-state index is 0.555. The molecule has 0 aliphatic carbocycles. The van der Waals surface area contributed by atoms with Gasteiger partial charge in [0.05, 0.1) is 0 Å². The van der Waals surface area contributed by atoms with Gasteiger partial charge < -0.3 is 10.2 Å². The molecule has 0 saturated carbocycles. The van der Waals surface area contributed by atoms with E-state index in [2.05, 4.69) is 73.5 Å². The zero-order chi connectivity index (χ0) is 14.4. The second-order valence-electron chi connectivity index (χ2n) is 5.20. The highest BCUT2D eigenvalue weighted by molar-refractivity contribution is 5.94. The van der Waals surface area contributed by atoms with E-state index in [4.69, 9.17) is 0 Å². The van der Waals surface area contributed by atoms with Crippen molar-refractivity contribution in [2.24, 2.45) is 0 Å². The fourth-order valence-corrected chi connectivity index (χ4v) is 2.77. The molecule has 0 bridgehead atoms. The lowest BCUT2D eigenvalue weighted by Crippen LogP contribution is -2.40. The Labute approximate surface area is 122 Å². The van der Waals surface area contributed by atoms with Crippen LogP contribution in [0.4, 0.5) is 5.69 Å². The summed E-state index contributed by atoms with van der Waals surface area (Å²) in [4.78, 5) is 2.49. The Bertz CT molecular complexity index is 530. The van der Waals surface area contributed by atoms with Gasteiger partial charge in [-0.15, -0.1) is 0 Å². The molecule has 20 heavy (non-hydrogen) atoms. The number of likely N-dealkylation sites (N-methyl/N-ethyl adjacent to an activating group) is 2. The summed E-state index contributed by atoms with van der Waals surface area (Å²) in [5.41, 5.74) is 1.35. The average Bonchev–Trinajstić information content (AvgIpc) is 2.51. The number of benzene rings is 2. The van der Waals surface area contributed by atoms with Crippen LogP contribution in [-0.2, 0) is 0 Å². The third kappa shape index (κ3) is 3.31. The summed E-state index contributed by atoms with van der Waals surface area (Å²) in [6, 6.07) is 15.8. The zero-order valence-corrected chi connectivity index (χ0v) is 12.9. The van der Waals surface area contributed by atoms with E-state index in [1.807, 2.05) is 0 Å². The minimum Gasteiger partial charge on any atom is -0.370 e. The van der Waals surface area contributed by atoms with E-state index in [-0.39, 0.29) is 0 Å². The lowest BCUT2D eigenvalue weighted by Gasteiger charge is -2.29. The van der Waals surface area contributed by atoms with Gasteiger partial charge in [-0.1, -0.05) is 50.2 Å². The number of hydrogen-bond donors (Lipinski definition) is 1. The van der Waals surface area contributed by atoms with E-state index >= 15 is 0 Å². The molecule has 108 valence electrons. The second-order valence-corrected chi connectivity index (χ2v) is 5.20. The van der Waals surface area contributed by atoms with E-state index in [0.29, 0.717) is 6.04 Å². The highest BCUT2D eigenvalue weighted by Crippen LogP contribution is 2.26. The quantitative estimate of drug-likeness (QED) is 0.816. The van der Waals surface area contributed by atoms with E-state index in [1.165, 1.54) is 16.5 Å². The van der Waals surface area contributed by atoms with Crippen LogP contribution < -0.4 is 10.2 Å². The third-order valence-electron chi connectivity index (χ3n) is 3.92. The van der Waals surface area contributed by atoms with Crippen LogP contribution in [0.3, 0.4) is 0 Å². The predicted molar refractivity (Wildman–Crippen MR) is 89.6 cm³/mol. The van der Waals surface area contributed by atoms with Gasteiger partial charge in [-0.2, -0.15) is 0 Å². The van der Waals surface area contributed by atoms with Crippen molar-refractivity contribution in [3.63, 3.8) is 0 Å². The van der Waals surface area contributed by atoms with Crippen LogP contribution in [0.1, 0.15) is 27.2 Å². The predicted octanol–water partition coefficient (Wildman–Crippen LogP) is 4.05. The molecule has 0 heterocycles. The molecule has 0 spiro atoms. The van der Waals surface area contributed by atoms with Crippen molar-refractivity contribution in [2.45, 2.75) is 33.2 Å². The summed E-state index contributed by atoms with van der Waals surface area (Å²) in [6.07, 6.45) is 1.16. The summed E-state index contributed by atoms with van der Waals surface area (Å²) in [5.74, 6) is 0. The van der Waals surface area contributed by atoms with E-state index < -0.39 is 0 Å². The van der Waals surface area contributed by atoms with Crippen LogP contribution in [0, 0.1) is 0 Å². The van der Waals surface area contributed by atoms with Gasteiger partial charge >= 0.3 is 0 Å². The lowest BCUT2D eigenvalue weighted by molar-refractivity contribution is 0.505. The Morgan fingerprint density at radius 3 is 2.45 bits per heavy atom. The molecule has 0 aromatic heterocycles. The molecular formula is C18H26N2. The number of hydrogen-bond acceptors (Lipinski definition) is 2. The van der Waals surface area contributed by atoms with Gasteiger partial charge in [-0.25, -0.2) is 0 Å². The van der Waals surface area contributed by atoms with Crippen molar-refractivity contribution in [3.8, 4) is 0 Å². The molecule has 2 nitrogen and oxygen atoms in total. The van der Waals surface area contributed by atoms with Gasteiger partial charge in [-0.05, 0) is 31.3 Å². The molecule has 2 rings (SSSR count). The minimum absolute atomic E-state index is 0.555. The van der Waals surface area contributed by atoms with Crippen molar-refractivity contribution < 1.29 is 0 Å². The van der Waals surface area contributed by atoms with Gasteiger partial charge in [0.15, 0.2) is 0 Å². The highest BCUT2D eigenvalue weighted by Gasteiger charge is 2.13. The fraction of sp³-hybridized carbons (Fsp3) is 0.444. The van der Waals surface area contributed by atoms with Crippen LogP contribution in [0.2, 0.25) is 0 Å². The van der Waals surface area contributed by atoms with Gasteiger partial charge in [0.25, 0.3) is 0 Å². The molecule has 0 saturated heterocycles. The van der Waals surface area contributed by atoms with Gasteiger partial charge in [0.2, 0.25) is 0 Å². The summed E-state index contributed by atoms with van der Waals surface area (Å²) < 4.78 is 0. The molecule has 2 heteroatoms. The monoisotopic (exact) mass is 270 g/mol. The fourth-order valence-electron chi connectivity index (χ4n) is 2.77. The smallest absolute Gasteiger partial charge is 0.0446 e. The Morgan fingerprint density at radius 2 is 1.75 bits per heavy atom. The molecular weight excluding hydrogens is 244 g/mol. The third-order valence-corrected chi connectivity index (χ3v) is 3.92. The molecule has 0 aliphatic heterocycles. The topological polar surface area (TPSA) is 15.3 Å². The molecule has 2 aromatic carbocycles. The Morgan fingerprint density at radius 1 is 1.00 bits per heavy atom. The van der Waals surface area contributed by atoms with Crippen LogP contribution in [0.5, 0.6) is 0 Å². The van der Waals surface area contributed by atoms with Crippen molar-refractivity contribution >= 4 is 16.5 Å².